The Morgan fingerprint density at radius 2 is 1.92 bits per heavy atom. The zero-order chi connectivity index (χ0) is 17.3. The summed E-state index contributed by atoms with van der Waals surface area (Å²) in [6.07, 6.45) is 1.33. The van der Waals surface area contributed by atoms with Crippen LogP contribution in [0.2, 0.25) is 0 Å². The third-order valence-electron chi connectivity index (χ3n) is 3.20. The van der Waals surface area contributed by atoms with Crippen LogP contribution in [0.25, 0.3) is 10.1 Å². The lowest BCUT2D eigenvalue weighted by Crippen LogP contribution is -2.16. The molecule has 0 saturated heterocycles. The highest BCUT2D eigenvalue weighted by Gasteiger charge is 2.17. The van der Waals surface area contributed by atoms with Crippen LogP contribution in [0.1, 0.15) is 15.2 Å². The van der Waals surface area contributed by atoms with E-state index >= 15 is 0 Å². The van der Waals surface area contributed by atoms with Gasteiger partial charge in [0.05, 0.1) is 10.7 Å². The van der Waals surface area contributed by atoms with Gasteiger partial charge < -0.3 is 10.2 Å². The van der Waals surface area contributed by atoms with Gasteiger partial charge in [0.1, 0.15) is 16.4 Å². The van der Waals surface area contributed by atoms with Gasteiger partial charge in [-0.1, -0.05) is 28.1 Å². The van der Waals surface area contributed by atoms with Crippen LogP contribution < -0.4 is 5.43 Å². The Morgan fingerprint density at radius 3 is 2.67 bits per heavy atom. The number of phenols is 1. The number of amides is 1. The van der Waals surface area contributed by atoms with E-state index in [4.69, 9.17) is 0 Å². The predicted molar refractivity (Wildman–Crippen MR) is 102 cm³/mol. The largest absolute Gasteiger partial charge is 0.506 e. The Kier molecular flexibility index (Phi) is 4.88. The summed E-state index contributed by atoms with van der Waals surface area (Å²) in [7, 11) is 0. The molecule has 0 atom stereocenters. The second-order valence-electron chi connectivity index (χ2n) is 4.80. The number of hydrogen-bond acceptors (Lipinski definition) is 5. The molecule has 0 radical (unpaired) electrons. The van der Waals surface area contributed by atoms with E-state index in [1.165, 1.54) is 17.6 Å². The summed E-state index contributed by atoms with van der Waals surface area (Å²) in [6.45, 7) is 0. The molecule has 0 aliphatic carbocycles. The Balaban J connectivity index is 1.81. The molecule has 3 N–H and O–H groups in total. The van der Waals surface area contributed by atoms with E-state index in [9.17, 15) is 15.0 Å². The van der Waals surface area contributed by atoms with Gasteiger partial charge in [0.2, 0.25) is 0 Å². The van der Waals surface area contributed by atoms with Gasteiger partial charge in [-0.25, -0.2) is 5.43 Å². The number of nitrogens with one attached hydrogen (secondary N) is 1. The van der Waals surface area contributed by atoms with Crippen LogP contribution in [0.3, 0.4) is 0 Å². The average molecular weight is 470 g/mol. The van der Waals surface area contributed by atoms with Crippen molar-refractivity contribution in [2.24, 2.45) is 5.10 Å². The number of phenolic OH excluding ortho intramolecular Hbond substituents is 1. The van der Waals surface area contributed by atoms with Gasteiger partial charge in [0.15, 0.2) is 0 Å². The minimum absolute atomic E-state index is 0.0147. The van der Waals surface area contributed by atoms with Gasteiger partial charge in [0.25, 0.3) is 5.91 Å². The summed E-state index contributed by atoms with van der Waals surface area (Å²) in [5.41, 5.74) is 2.78. The molecular weight excluding hydrogens is 460 g/mol. The third kappa shape index (κ3) is 3.31. The standard InChI is InChI=1S/C16H10Br2N2O3S/c17-9-5-8(13(21)11(18)6-9)7-19-20-16(23)15-14(22)10-3-1-2-4-12(10)24-15/h1-7,21-22H,(H,20,23). The zero-order valence-electron chi connectivity index (χ0n) is 12.0. The zero-order valence-corrected chi connectivity index (χ0v) is 15.9. The second kappa shape index (κ2) is 6.92. The number of carbonyl (C=O) groups excluding carboxylic acids is 1. The number of rotatable bonds is 3. The smallest absolute Gasteiger partial charge is 0.285 e. The number of fused-ring (bicyclic) bond motifs is 1. The van der Waals surface area contributed by atoms with Crippen LogP contribution in [-0.4, -0.2) is 22.3 Å². The fraction of sp³-hybridized carbons (Fsp3) is 0. The lowest BCUT2D eigenvalue weighted by molar-refractivity contribution is 0.0957. The molecule has 1 heterocycles. The van der Waals surface area contributed by atoms with Gasteiger partial charge in [-0.05, 0) is 40.2 Å². The summed E-state index contributed by atoms with van der Waals surface area (Å²) in [4.78, 5) is 12.4. The molecular formula is C16H10Br2N2O3S. The van der Waals surface area contributed by atoms with Crippen LogP contribution in [-0.2, 0) is 0 Å². The summed E-state index contributed by atoms with van der Waals surface area (Å²) >= 11 is 7.72. The molecule has 24 heavy (non-hydrogen) atoms. The Hall–Kier alpha value is -1.90. The molecule has 0 aliphatic rings. The van der Waals surface area contributed by atoms with Crippen LogP contribution in [0, 0.1) is 0 Å². The van der Waals surface area contributed by atoms with Gasteiger partial charge in [-0.3, -0.25) is 4.79 Å². The van der Waals surface area contributed by atoms with E-state index in [0.717, 1.165) is 9.17 Å². The normalized spacial score (nSPS) is 11.2. The summed E-state index contributed by atoms with van der Waals surface area (Å²) in [6, 6.07) is 10.6. The fourth-order valence-corrected chi connectivity index (χ4v) is 4.33. The Labute approximate surface area is 157 Å². The molecule has 1 amide bonds. The van der Waals surface area contributed by atoms with E-state index in [-0.39, 0.29) is 16.4 Å². The highest BCUT2D eigenvalue weighted by atomic mass is 79.9. The molecule has 8 heteroatoms. The second-order valence-corrected chi connectivity index (χ2v) is 7.62. The van der Waals surface area contributed by atoms with Gasteiger partial charge in [-0.15, -0.1) is 11.3 Å². The third-order valence-corrected chi connectivity index (χ3v) is 5.42. The number of hydrazone groups is 1. The summed E-state index contributed by atoms with van der Waals surface area (Å²) in [5, 5.41) is 24.5. The maximum atomic E-state index is 12.2. The average Bonchev–Trinajstić information content (AvgIpc) is 2.89. The first kappa shape index (κ1) is 16.9. The molecule has 0 unspecified atom stereocenters. The predicted octanol–water partition coefficient (Wildman–Crippen LogP) is 4.60. The number of aromatic hydroxyl groups is 2. The lowest BCUT2D eigenvalue weighted by atomic mass is 10.2. The van der Waals surface area contributed by atoms with E-state index < -0.39 is 5.91 Å². The first-order valence-electron chi connectivity index (χ1n) is 6.69. The van der Waals surface area contributed by atoms with Crippen molar-refractivity contribution in [2.45, 2.75) is 0 Å². The van der Waals surface area contributed by atoms with Crippen molar-refractivity contribution in [1.82, 2.24) is 5.43 Å². The number of carbonyl (C=O) groups is 1. The van der Waals surface area contributed by atoms with Gasteiger partial charge >= 0.3 is 0 Å². The topological polar surface area (TPSA) is 81.9 Å². The van der Waals surface area contributed by atoms with E-state index in [1.807, 2.05) is 12.1 Å². The summed E-state index contributed by atoms with van der Waals surface area (Å²) < 4.78 is 2.08. The van der Waals surface area contributed by atoms with Crippen molar-refractivity contribution in [2.75, 3.05) is 0 Å². The maximum Gasteiger partial charge on any atom is 0.285 e. The molecule has 1 aromatic heterocycles. The quantitative estimate of drug-likeness (QED) is 0.387. The molecule has 0 spiro atoms. The van der Waals surface area contributed by atoms with Crippen molar-refractivity contribution in [1.29, 1.82) is 0 Å². The number of thiophene rings is 1. The highest BCUT2D eigenvalue weighted by Crippen LogP contribution is 2.36. The molecule has 2 aromatic carbocycles. The first-order valence-corrected chi connectivity index (χ1v) is 9.09. The minimum Gasteiger partial charge on any atom is -0.506 e. The molecule has 0 aliphatic heterocycles. The molecule has 5 nitrogen and oxygen atoms in total. The molecule has 3 rings (SSSR count). The van der Waals surface area contributed by atoms with Gasteiger partial charge in [0, 0.05) is 20.1 Å². The molecule has 3 aromatic rings. The van der Waals surface area contributed by atoms with Crippen LogP contribution in [0.4, 0.5) is 0 Å². The molecule has 0 bridgehead atoms. The number of hydrogen-bond donors (Lipinski definition) is 3. The number of benzene rings is 2. The molecule has 0 fully saturated rings. The van der Waals surface area contributed by atoms with Crippen LogP contribution in [0.5, 0.6) is 11.5 Å². The Morgan fingerprint density at radius 1 is 1.17 bits per heavy atom. The first-order chi connectivity index (χ1) is 11.5. The van der Waals surface area contributed by atoms with E-state index in [0.29, 0.717) is 15.4 Å². The molecule has 0 saturated carbocycles. The van der Waals surface area contributed by atoms with Crippen molar-refractivity contribution >= 4 is 65.4 Å². The van der Waals surface area contributed by atoms with Crippen LogP contribution in [0.15, 0.2) is 50.4 Å². The van der Waals surface area contributed by atoms with Crippen molar-refractivity contribution in [3.63, 3.8) is 0 Å². The van der Waals surface area contributed by atoms with Crippen molar-refractivity contribution in [3.05, 3.63) is 55.8 Å². The summed E-state index contributed by atoms with van der Waals surface area (Å²) in [5.74, 6) is -0.559. The minimum atomic E-state index is -0.515. The maximum absolute atomic E-state index is 12.2. The van der Waals surface area contributed by atoms with Crippen LogP contribution >= 0.6 is 43.2 Å². The Bertz CT molecular complexity index is 969. The monoisotopic (exact) mass is 468 g/mol. The number of halogens is 2. The number of nitrogens with zero attached hydrogens (tertiary/aromatic N) is 1. The van der Waals surface area contributed by atoms with E-state index in [1.54, 1.807) is 24.3 Å². The molecule has 122 valence electrons. The van der Waals surface area contributed by atoms with Gasteiger partial charge in [-0.2, -0.15) is 5.10 Å². The fourth-order valence-electron chi connectivity index (χ4n) is 2.08. The van der Waals surface area contributed by atoms with E-state index in [2.05, 4.69) is 42.4 Å². The lowest BCUT2D eigenvalue weighted by Gasteiger charge is -2.03. The SMILES string of the molecule is O=C(NN=Cc1cc(Br)cc(Br)c1O)c1sc2ccccc2c1O. The van der Waals surface area contributed by atoms with Crippen molar-refractivity contribution < 1.29 is 15.0 Å². The highest BCUT2D eigenvalue weighted by molar-refractivity contribution is 9.11. The van der Waals surface area contributed by atoms with Crippen molar-refractivity contribution in [3.8, 4) is 11.5 Å².